The van der Waals surface area contributed by atoms with E-state index < -0.39 is 9.84 Å². The van der Waals surface area contributed by atoms with Crippen molar-refractivity contribution in [3.05, 3.63) is 0 Å². The van der Waals surface area contributed by atoms with Crippen LogP contribution in [0.4, 0.5) is 0 Å². The molecule has 72 valence electrons. The lowest BCUT2D eigenvalue weighted by Crippen LogP contribution is -2.25. The average Bonchev–Trinajstić information content (AvgIpc) is 2.38. The van der Waals surface area contributed by atoms with E-state index in [0.29, 0.717) is 6.61 Å². The van der Waals surface area contributed by atoms with Gasteiger partial charge in [-0.3, -0.25) is 0 Å². The highest BCUT2D eigenvalue weighted by molar-refractivity contribution is 7.91. The second-order valence-corrected chi connectivity index (χ2v) is 5.27. The minimum absolute atomic E-state index is 0.0762. The summed E-state index contributed by atoms with van der Waals surface area (Å²) in [7, 11) is -2.97. The number of rotatable bonds is 4. The first-order valence-corrected chi connectivity index (χ1v) is 5.98. The number of sulfone groups is 1. The largest absolute Gasteiger partial charge is 0.377 e. The summed E-state index contributed by atoms with van der Waals surface area (Å²) in [5, 5.41) is 0. The summed E-state index contributed by atoms with van der Waals surface area (Å²) in [6.07, 6.45) is 1.76. The molecule has 0 aliphatic carbocycles. The molecule has 1 aliphatic heterocycles. The second kappa shape index (κ2) is 4.20. The van der Waals surface area contributed by atoms with E-state index in [0.717, 1.165) is 12.8 Å². The van der Waals surface area contributed by atoms with Crippen LogP contribution in [0.1, 0.15) is 12.8 Å². The van der Waals surface area contributed by atoms with Crippen molar-refractivity contribution in [2.75, 3.05) is 24.7 Å². The first kappa shape index (κ1) is 9.95. The maximum absolute atomic E-state index is 11.2. The molecule has 0 spiro atoms. The van der Waals surface area contributed by atoms with E-state index in [1.54, 1.807) is 0 Å². The first-order valence-electron chi connectivity index (χ1n) is 4.16. The zero-order valence-electron chi connectivity index (χ0n) is 7.03. The van der Waals surface area contributed by atoms with Crippen LogP contribution in [-0.4, -0.2) is 39.2 Å². The molecule has 0 aromatic carbocycles. The lowest BCUT2D eigenvalue weighted by atomic mass is 10.3. The van der Waals surface area contributed by atoms with E-state index in [2.05, 4.69) is 0 Å². The van der Waals surface area contributed by atoms with Crippen molar-refractivity contribution in [3.8, 4) is 0 Å². The minimum atomic E-state index is -2.97. The predicted octanol–water partition coefficient (Wildman–Crippen LogP) is -0.461. The standard InChI is InChI=1S/C7H15NO3S/c8-3-5-12(9,10)6-7-2-1-4-11-7/h7H,1-6,8H2. The van der Waals surface area contributed by atoms with E-state index in [9.17, 15) is 8.42 Å². The van der Waals surface area contributed by atoms with Gasteiger partial charge in [0.2, 0.25) is 0 Å². The van der Waals surface area contributed by atoms with Crippen LogP contribution in [-0.2, 0) is 14.6 Å². The van der Waals surface area contributed by atoms with Gasteiger partial charge in [0.05, 0.1) is 17.6 Å². The fourth-order valence-electron chi connectivity index (χ4n) is 1.32. The van der Waals surface area contributed by atoms with Gasteiger partial charge < -0.3 is 10.5 Å². The molecule has 1 atom stereocenters. The maximum Gasteiger partial charge on any atom is 0.154 e. The van der Waals surface area contributed by atoms with Crippen LogP contribution in [0.3, 0.4) is 0 Å². The molecule has 1 unspecified atom stereocenters. The lowest BCUT2D eigenvalue weighted by Gasteiger charge is -2.08. The van der Waals surface area contributed by atoms with Crippen LogP contribution in [0.15, 0.2) is 0 Å². The molecule has 1 fully saturated rings. The Balaban J connectivity index is 2.38. The molecule has 0 amide bonds. The first-order chi connectivity index (χ1) is 5.64. The Morgan fingerprint density at radius 2 is 2.25 bits per heavy atom. The average molecular weight is 193 g/mol. The molecule has 0 bridgehead atoms. The summed E-state index contributed by atoms with van der Waals surface area (Å²) in [6.45, 7) is 0.901. The van der Waals surface area contributed by atoms with E-state index in [4.69, 9.17) is 10.5 Å². The molecule has 0 aromatic rings. The van der Waals surface area contributed by atoms with Crippen LogP contribution < -0.4 is 5.73 Å². The van der Waals surface area contributed by atoms with Gasteiger partial charge in [-0.15, -0.1) is 0 Å². The number of hydrogen-bond donors (Lipinski definition) is 1. The Morgan fingerprint density at radius 3 is 2.75 bits per heavy atom. The molecule has 1 heterocycles. The summed E-state index contributed by atoms with van der Waals surface area (Å²) in [4.78, 5) is 0. The monoisotopic (exact) mass is 193 g/mol. The van der Waals surface area contributed by atoms with E-state index in [1.165, 1.54) is 0 Å². The predicted molar refractivity (Wildman–Crippen MR) is 46.7 cm³/mol. The van der Waals surface area contributed by atoms with Crippen molar-refractivity contribution in [3.63, 3.8) is 0 Å². The normalized spacial score (nSPS) is 24.6. The van der Waals surface area contributed by atoms with Gasteiger partial charge in [0.15, 0.2) is 9.84 Å². The van der Waals surface area contributed by atoms with Crippen LogP contribution in [0.2, 0.25) is 0 Å². The van der Waals surface area contributed by atoms with Crippen molar-refractivity contribution in [2.24, 2.45) is 5.73 Å². The summed E-state index contributed by atoms with van der Waals surface area (Å²) in [6, 6.07) is 0. The molecular formula is C7H15NO3S. The van der Waals surface area contributed by atoms with E-state index >= 15 is 0 Å². The number of ether oxygens (including phenoxy) is 1. The molecule has 1 aliphatic rings. The van der Waals surface area contributed by atoms with Gasteiger partial charge in [-0.1, -0.05) is 0 Å². The van der Waals surface area contributed by atoms with Crippen LogP contribution in [0.5, 0.6) is 0 Å². The fourth-order valence-corrected chi connectivity index (χ4v) is 2.68. The van der Waals surface area contributed by atoms with Crippen molar-refractivity contribution in [1.29, 1.82) is 0 Å². The molecule has 5 heteroatoms. The van der Waals surface area contributed by atoms with E-state index in [1.807, 2.05) is 0 Å². The van der Waals surface area contributed by atoms with Gasteiger partial charge in [0, 0.05) is 13.2 Å². The zero-order valence-corrected chi connectivity index (χ0v) is 7.85. The molecule has 2 N–H and O–H groups in total. The highest BCUT2D eigenvalue weighted by Crippen LogP contribution is 2.13. The van der Waals surface area contributed by atoms with Gasteiger partial charge >= 0.3 is 0 Å². The Hall–Kier alpha value is -0.130. The molecule has 12 heavy (non-hydrogen) atoms. The second-order valence-electron chi connectivity index (χ2n) is 3.04. The Kier molecular flexibility index (Phi) is 3.49. The highest BCUT2D eigenvalue weighted by atomic mass is 32.2. The Labute approximate surface area is 73.0 Å². The van der Waals surface area contributed by atoms with Crippen LogP contribution in [0.25, 0.3) is 0 Å². The topological polar surface area (TPSA) is 69.4 Å². The van der Waals surface area contributed by atoms with Gasteiger partial charge in [-0.05, 0) is 12.8 Å². The van der Waals surface area contributed by atoms with Crippen molar-refractivity contribution >= 4 is 9.84 Å². The van der Waals surface area contributed by atoms with Crippen molar-refractivity contribution < 1.29 is 13.2 Å². The van der Waals surface area contributed by atoms with E-state index in [-0.39, 0.29) is 24.2 Å². The smallest absolute Gasteiger partial charge is 0.154 e. The molecule has 0 radical (unpaired) electrons. The van der Waals surface area contributed by atoms with Crippen molar-refractivity contribution in [2.45, 2.75) is 18.9 Å². The third-order valence-electron chi connectivity index (χ3n) is 1.89. The SMILES string of the molecule is NCCS(=O)(=O)CC1CCCO1. The summed E-state index contributed by atoms with van der Waals surface area (Å²) < 4.78 is 27.7. The van der Waals surface area contributed by atoms with Crippen LogP contribution in [0, 0.1) is 0 Å². The molecule has 0 saturated carbocycles. The maximum atomic E-state index is 11.2. The molecule has 1 rings (SSSR count). The molecule has 4 nitrogen and oxygen atoms in total. The third-order valence-corrected chi connectivity index (χ3v) is 3.63. The van der Waals surface area contributed by atoms with Gasteiger partial charge in [-0.2, -0.15) is 0 Å². The summed E-state index contributed by atoms with van der Waals surface area (Å²) in [5.74, 6) is 0.219. The summed E-state index contributed by atoms with van der Waals surface area (Å²) in [5.41, 5.74) is 5.17. The fraction of sp³-hybridized carbons (Fsp3) is 1.00. The van der Waals surface area contributed by atoms with Crippen LogP contribution >= 0.6 is 0 Å². The molecular weight excluding hydrogens is 178 g/mol. The number of nitrogens with two attached hydrogens (primary N) is 1. The third kappa shape index (κ3) is 3.08. The highest BCUT2D eigenvalue weighted by Gasteiger charge is 2.22. The van der Waals surface area contributed by atoms with Crippen molar-refractivity contribution in [1.82, 2.24) is 0 Å². The van der Waals surface area contributed by atoms with Gasteiger partial charge in [-0.25, -0.2) is 8.42 Å². The zero-order chi connectivity index (χ0) is 9.03. The lowest BCUT2D eigenvalue weighted by molar-refractivity contribution is 0.127. The van der Waals surface area contributed by atoms with Gasteiger partial charge in [0.1, 0.15) is 0 Å². The van der Waals surface area contributed by atoms with Gasteiger partial charge in [0.25, 0.3) is 0 Å². The quantitative estimate of drug-likeness (QED) is 0.656. The molecule has 0 aromatic heterocycles. The minimum Gasteiger partial charge on any atom is -0.377 e. The Morgan fingerprint density at radius 1 is 1.50 bits per heavy atom. The molecule has 1 saturated heterocycles. The summed E-state index contributed by atoms with van der Waals surface area (Å²) >= 11 is 0. The Bertz CT molecular complexity index is 219. The number of hydrogen-bond acceptors (Lipinski definition) is 4.